The molecule has 0 radical (unpaired) electrons. The fraction of sp³-hybridized carbons (Fsp3) is 0.692. The van der Waals surface area contributed by atoms with Crippen LogP contribution < -0.4 is 0 Å². The fourth-order valence-corrected chi connectivity index (χ4v) is 6.14. The molecule has 2 nitrogen and oxygen atoms in total. The van der Waals surface area contributed by atoms with Crippen molar-refractivity contribution in [2.45, 2.75) is 84.8 Å². The Balaban J connectivity index is 1.79. The number of aliphatic hydroxyl groups excluding tert-OH is 2. The summed E-state index contributed by atoms with van der Waals surface area (Å²) < 4.78 is 0. The summed E-state index contributed by atoms with van der Waals surface area (Å²) in [6, 6.07) is 0. The third kappa shape index (κ3) is 4.39. The second kappa shape index (κ2) is 8.71. The Labute approximate surface area is 172 Å². The van der Waals surface area contributed by atoms with Crippen LogP contribution in [0.15, 0.2) is 47.6 Å². The summed E-state index contributed by atoms with van der Waals surface area (Å²) in [7, 11) is 0. The lowest BCUT2D eigenvalue weighted by molar-refractivity contribution is 0.0862. The molecule has 0 aliphatic heterocycles. The van der Waals surface area contributed by atoms with Crippen LogP contribution in [0.2, 0.25) is 0 Å². The van der Waals surface area contributed by atoms with E-state index in [0.717, 1.165) is 17.1 Å². The van der Waals surface area contributed by atoms with E-state index in [2.05, 4.69) is 58.6 Å². The maximum absolute atomic E-state index is 10.1. The van der Waals surface area contributed by atoms with Gasteiger partial charge >= 0.3 is 0 Å². The van der Waals surface area contributed by atoms with Gasteiger partial charge in [0, 0.05) is 6.42 Å². The Morgan fingerprint density at radius 2 is 1.86 bits per heavy atom. The van der Waals surface area contributed by atoms with Gasteiger partial charge in [0.1, 0.15) is 0 Å². The highest BCUT2D eigenvalue weighted by molar-refractivity contribution is 5.38. The van der Waals surface area contributed by atoms with Crippen molar-refractivity contribution in [1.82, 2.24) is 0 Å². The number of hydrogen-bond acceptors (Lipinski definition) is 2. The lowest BCUT2D eigenvalue weighted by atomic mass is 9.61. The molecule has 3 aliphatic rings. The van der Waals surface area contributed by atoms with E-state index in [-0.39, 0.29) is 0 Å². The van der Waals surface area contributed by atoms with E-state index in [1.165, 1.54) is 32.1 Å². The van der Waals surface area contributed by atoms with Crippen LogP contribution in [0.3, 0.4) is 0 Å². The van der Waals surface area contributed by atoms with E-state index in [4.69, 9.17) is 0 Å². The van der Waals surface area contributed by atoms with Gasteiger partial charge in [0.25, 0.3) is 0 Å². The molecule has 3 aliphatic carbocycles. The Bertz CT molecular complexity index is 668. The van der Waals surface area contributed by atoms with E-state index in [1.807, 2.05) is 0 Å². The van der Waals surface area contributed by atoms with E-state index in [1.54, 1.807) is 5.57 Å². The molecule has 0 spiro atoms. The van der Waals surface area contributed by atoms with Crippen LogP contribution >= 0.6 is 0 Å². The molecule has 6 atom stereocenters. The van der Waals surface area contributed by atoms with Crippen molar-refractivity contribution in [1.29, 1.82) is 0 Å². The van der Waals surface area contributed by atoms with Gasteiger partial charge in [-0.05, 0) is 78.8 Å². The predicted octanol–water partition coefficient (Wildman–Crippen LogP) is 5.98. The van der Waals surface area contributed by atoms with Crippen LogP contribution in [0.1, 0.15) is 72.6 Å². The van der Waals surface area contributed by atoms with Crippen molar-refractivity contribution in [3.8, 4) is 0 Å². The molecular formula is C26H40O2. The average Bonchev–Trinajstić information content (AvgIpc) is 2.99. The molecule has 28 heavy (non-hydrogen) atoms. The van der Waals surface area contributed by atoms with Gasteiger partial charge in [0.15, 0.2) is 0 Å². The van der Waals surface area contributed by atoms with E-state index < -0.39 is 12.2 Å². The summed E-state index contributed by atoms with van der Waals surface area (Å²) in [5.41, 5.74) is 3.78. The van der Waals surface area contributed by atoms with Crippen molar-refractivity contribution in [2.24, 2.45) is 29.1 Å². The minimum absolute atomic E-state index is 0.395. The van der Waals surface area contributed by atoms with Crippen LogP contribution in [0, 0.1) is 29.1 Å². The minimum atomic E-state index is -0.602. The highest BCUT2D eigenvalue weighted by Crippen LogP contribution is 2.59. The van der Waals surface area contributed by atoms with Crippen molar-refractivity contribution >= 4 is 0 Å². The first kappa shape index (κ1) is 21.6. The first-order chi connectivity index (χ1) is 13.2. The first-order valence-corrected chi connectivity index (χ1v) is 11.4. The molecule has 3 rings (SSSR count). The van der Waals surface area contributed by atoms with Gasteiger partial charge in [0.05, 0.1) is 12.2 Å². The maximum Gasteiger partial charge on any atom is 0.0811 e. The van der Waals surface area contributed by atoms with E-state index in [9.17, 15) is 10.2 Å². The Kier molecular flexibility index (Phi) is 6.72. The van der Waals surface area contributed by atoms with Gasteiger partial charge in [-0.1, -0.05) is 64.2 Å². The van der Waals surface area contributed by atoms with E-state index >= 15 is 0 Å². The quantitative estimate of drug-likeness (QED) is 0.586. The molecule has 0 heterocycles. The molecule has 2 unspecified atom stereocenters. The van der Waals surface area contributed by atoms with Crippen LogP contribution in [-0.4, -0.2) is 22.4 Å². The monoisotopic (exact) mass is 384 g/mol. The zero-order chi connectivity index (χ0) is 20.5. The SMILES string of the molecule is C=C1/C(=C\C=C2/CCCC3(C)C2CC[C@@H]3[C@H](C)/C=C/C(C)C)C[C@@H](O)C[C@@H]1O. The average molecular weight is 385 g/mol. The molecule has 2 heteroatoms. The Morgan fingerprint density at radius 1 is 1.11 bits per heavy atom. The van der Waals surface area contributed by atoms with Gasteiger partial charge in [-0.3, -0.25) is 0 Å². The lowest BCUT2D eigenvalue weighted by Crippen LogP contribution is -2.35. The number of hydrogen-bond donors (Lipinski definition) is 2. The van der Waals surface area contributed by atoms with Crippen LogP contribution in [-0.2, 0) is 0 Å². The van der Waals surface area contributed by atoms with Crippen molar-refractivity contribution < 1.29 is 10.2 Å². The molecule has 3 fully saturated rings. The Hall–Kier alpha value is -1.12. The molecule has 0 saturated heterocycles. The lowest BCUT2D eigenvalue weighted by Gasteiger charge is -2.44. The topological polar surface area (TPSA) is 40.5 Å². The number of allylic oxidation sites excluding steroid dienone is 5. The molecule has 156 valence electrons. The summed E-state index contributed by atoms with van der Waals surface area (Å²) in [6.07, 6.45) is 15.7. The third-order valence-corrected chi connectivity index (χ3v) is 7.74. The summed E-state index contributed by atoms with van der Waals surface area (Å²) in [5.74, 6) is 2.69. The highest BCUT2D eigenvalue weighted by atomic mass is 16.3. The summed E-state index contributed by atoms with van der Waals surface area (Å²) in [4.78, 5) is 0. The highest BCUT2D eigenvalue weighted by Gasteiger charge is 2.50. The van der Waals surface area contributed by atoms with Gasteiger partial charge in [-0.15, -0.1) is 0 Å². The van der Waals surface area contributed by atoms with Gasteiger partial charge in [-0.2, -0.15) is 0 Å². The summed E-state index contributed by atoms with van der Waals surface area (Å²) in [6.45, 7) is 13.5. The predicted molar refractivity (Wildman–Crippen MR) is 118 cm³/mol. The van der Waals surface area contributed by atoms with Gasteiger partial charge in [-0.25, -0.2) is 0 Å². The summed E-state index contributed by atoms with van der Waals surface area (Å²) in [5, 5.41) is 20.1. The van der Waals surface area contributed by atoms with Crippen LogP contribution in [0.5, 0.6) is 0 Å². The zero-order valence-electron chi connectivity index (χ0n) is 18.3. The minimum Gasteiger partial charge on any atom is -0.393 e. The van der Waals surface area contributed by atoms with Gasteiger partial charge < -0.3 is 10.2 Å². The molecule has 0 aromatic rings. The number of rotatable bonds is 4. The molecular weight excluding hydrogens is 344 g/mol. The molecule has 3 saturated carbocycles. The zero-order valence-corrected chi connectivity index (χ0v) is 18.3. The maximum atomic E-state index is 10.1. The number of aliphatic hydroxyl groups is 2. The first-order valence-electron chi connectivity index (χ1n) is 11.4. The molecule has 0 aromatic carbocycles. The van der Waals surface area contributed by atoms with Crippen LogP contribution in [0.4, 0.5) is 0 Å². The van der Waals surface area contributed by atoms with Crippen molar-refractivity contribution in [3.63, 3.8) is 0 Å². The second-order valence-electron chi connectivity index (χ2n) is 10.2. The molecule has 2 N–H and O–H groups in total. The number of fused-ring (bicyclic) bond motifs is 1. The normalized spacial score (nSPS) is 40.6. The Morgan fingerprint density at radius 3 is 2.57 bits per heavy atom. The summed E-state index contributed by atoms with van der Waals surface area (Å²) >= 11 is 0. The van der Waals surface area contributed by atoms with Crippen LogP contribution in [0.25, 0.3) is 0 Å². The smallest absolute Gasteiger partial charge is 0.0811 e. The van der Waals surface area contributed by atoms with E-state index in [0.29, 0.717) is 36.0 Å². The van der Waals surface area contributed by atoms with Crippen molar-refractivity contribution in [3.05, 3.63) is 47.6 Å². The fourth-order valence-electron chi connectivity index (χ4n) is 6.14. The molecule has 0 bridgehead atoms. The second-order valence-corrected chi connectivity index (χ2v) is 10.2. The molecule has 0 aromatic heterocycles. The van der Waals surface area contributed by atoms with Crippen molar-refractivity contribution in [2.75, 3.05) is 0 Å². The third-order valence-electron chi connectivity index (χ3n) is 7.74. The largest absolute Gasteiger partial charge is 0.393 e. The standard InChI is InChI=1S/C26H40O2/c1-17(2)8-9-18(3)23-12-13-24-20(7-6-14-26(23,24)5)10-11-21-15-22(27)16-25(28)19(21)4/h8-11,17-18,22-25,27-28H,4,6-7,12-16H2,1-3,5H3/b9-8+,20-10+,21-11-/t18-,22-,23-,24?,25+,26?/m1/s1. The molecule has 0 amide bonds. The van der Waals surface area contributed by atoms with Gasteiger partial charge in [0.2, 0.25) is 0 Å².